The minimum atomic E-state index is -0.0109. The molecule has 3 aliphatic rings. The van der Waals surface area contributed by atoms with Crippen molar-refractivity contribution >= 4 is 16.5 Å². The topological polar surface area (TPSA) is 63.4 Å². The van der Waals surface area contributed by atoms with Crippen LogP contribution in [0.3, 0.4) is 0 Å². The molecule has 3 saturated heterocycles. The van der Waals surface area contributed by atoms with Crippen molar-refractivity contribution in [1.82, 2.24) is 15.2 Å². The lowest BCUT2D eigenvalue weighted by molar-refractivity contribution is 0.0880. The van der Waals surface area contributed by atoms with Crippen LogP contribution < -0.4 is 11.1 Å². The summed E-state index contributed by atoms with van der Waals surface area (Å²) in [5.41, 5.74) is 8.82. The highest BCUT2D eigenvalue weighted by Gasteiger charge is 2.49. The second-order valence-corrected chi connectivity index (χ2v) is 9.39. The van der Waals surface area contributed by atoms with E-state index in [4.69, 9.17) is 15.5 Å². The molecule has 27 heavy (non-hydrogen) atoms. The molecule has 0 bridgehead atoms. The van der Waals surface area contributed by atoms with Crippen LogP contribution in [-0.2, 0) is 10.2 Å². The normalized spacial score (nSPS) is 30.4. The quantitative estimate of drug-likeness (QED) is 0.847. The van der Waals surface area contributed by atoms with E-state index in [1.807, 2.05) is 0 Å². The summed E-state index contributed by atoms with van der Waals surface area (Å²) in [5.74, 6) is 0.677. The molecule has 3 N–H and O–H groups in total. The number of nitrogens with zero attached hydrogens (tertiary/aromatic N) is 2. The van der Waals surface area contributed by atoms with E-state index in [0.717, 1.165) is 64.5 Å². The molecule has 1 aromatic carbocycles. The maximum absolute atomic E-state index is 5.99. The van der Waals surface area contributed by atoms with Crippen LogP contribution in [0.1, 0.15) is 24.1 Å². The molecule has 6 heteroatoms. The van der Waals surface area contributed by atoms with Crippen molar-refractivity contribution in [1.29, 1.82) is 0 Å². The summed E-state index contributed by atoms with van der Waals surface area (Å²) < 4.78 is 5.85. The minimum absolute atomic E-state index is 0.0109. The Kier molecular flexibility index (Phi) is 4.47. The predicted octanol–water partition coefficient (Wildman–Crippen LogP) is 2.34. The molecule has 144 valence electrons. The van der Waals surface area contributed by atoms with Crippen molar-refractivity contribution in [2.24, 2.45) is 11.3 Å². The first kappa shape index (κ1) is 17.6. The second-order valence-electron chi connectivity index (χ2n) is 8.50. The summed E-state index contributed by atoms with van der Waals surface area (Å²) in [6.07, 6.45) is 2.18. The van der Waals surface area contributed by atoms with E-state index in [1.54, 1.807) is 11.3 Å². The fourth-order valence-corrected chi connectivity index (χ4v) is 6.05. The van der Waals surface area contributed by atoms with Crippen LogP contribution in [0.25, 0.3) is 0 Å². The maximum atomic E-state index is 5.99. The number of hydrogen-bond donors (Lipinski definition) is 2. The van der Waals surface area contributed by atoms with Gasteiger partial charge in [0.1, 0.15) is 0 Å². The highest BCUT2D eigenvalue weighted by Crippen LogP contribution is 2.44. The Morgan fingerprint density at radius 2 is 2.07 bits per heavy atom. The molecule has 0 aliphatic carbocycles. The Bertz CT molecular complexity index is 774. The number of hydrogen-bond acceptors (Lipinski definition) is 6. The van der Waals surface area contributed by atoms with E-state index < -0.39 is 0 Å². The van der Waals surface area contributed by atoms with Gasteiger partial charge in [-0.05, 0) is 31.5 Å². The van der Waals surface area contributed by atoms with Crippen molar-refractivity contribution in [2.75, 3.05) is 51.7 Å². The van der Waals surface area contributed by atoms with E-state index in [9.17, 15) is 0 Å². The van der Waals surface area contributed by atoms with Crippen LogP contribution in [0.15, 0.2) is 35.7 Å². The van der Waals surface area contributed by atoms with Gasteiger partial charge in [-0.1, -0.05) is 30.3 Å². The Hall–Kier alpha value is -1.47. The monoisotopic (exact) mass is 384 g/mol. The molecule has 3 aliphatic heterocycles. The van der Waals surface area contributed by atoms with E-state index in [2.05, 4.69) is 45.9 Å². The SMILES string of the molecule is Nc1nc(C2(c3ccccc3)CCN(C[C@]34CNC[C@H]3COC4)CC2)cs1. The summed E-state index contributed by atoms with van der Waals surface area (Å²) in [5, 5.41) is 6.43. The molecular formula is C21H28N4OS. The van der Waals surface area contributed by atoms with Gasteiger partial charge in [0.2, 0.25) is 0 Å². The fourth-order valence-electron chi connectivity index (χ4n) is 5.39. The molecule has 5 nitrogen and oxygen atoms in total. The fraction of sp³-hybridized carbons (Fsp3) is 0.571. The highest BCUT2D eigenvalue weighted by molar-refractivity contribution is 7.13. The number of ether oxygens (including phenoxy) is 1. The summed E-state index contributed by atoms with van der Waals surface area (Å²) in [4.78, 5) is 7.37. The number of aromatic nitrogens is 1. The first-order valence-corrected chi connectivity index (χ1v) is 10.9. The van der Waals surface area contributed by atoms with Crippen LogP contribution in [-0.4, -0.2) is 55.8 Å². The number of benzene rings is 1. The average Bonchev–Trinajstić information content (AvgIpc) is 3.39. The number of fused-ring (bicyclic) bond motifs is 1. The largest absolute Gasteiger partial charge is 0.380 e. The summed E-state index contributed by atoms with van der Waals surface area (Å²) in [7, 11) is 0. The van der Waals surface area contributed by atoms with Gasteiger partial charge in [0.25, 0.3) is 0 Å². The number of piperidine rings is 1. The lowest BCUT2D eigenvalue weighted by Crippen LogP contribution is -2.49. The molecule has 0 spiro atoms. The van der Waals surface area contributed by atoms with Crippen molar-refractivity contribution in [3.63, 3.8) is 0 Å². The number of rotatable bonds is 4. The molecule has 0 unspecified atom stereocenters. The van der Waals surface area contributed by atoms with Crippen LogP contribution >= 0.6 is 11.3 Å². The van der Waals surface area contributed by atoms with Gasteiger partial charge in [-0.25, -0.2) is 4.98 Å². The van der Waals surface area contributed by atoms with Crippen molar-refractivity contribution < 1.29 is 4.74 Å². The molecule has 2 atom stereocenters. The molecule has 5 rings (SSSR count). The summed E-state index contributed by atoms with van der Waals surface area (Å²) >= 11 is 1.56. The highest BCUT2D eigenvalue weighted by atomic mass is 32.1. The minimum Gasteiger partial charge on any atom is -0.380 e. The Balaban J connectivity index is 1.37. The van der Waals surface area contributed by atoms with Gasteiger partial charge in [0.15, 0.2) is 5.13 Å². The summed E-state index contributed by atoms with van der Waals surface area (Å²) in [6, 6.07) is 10.9. The van der Waals surface area contributed by atoms with E-state index >= 15 is 0 Å². The van der Waals surface area contributed by atoms with Crippen molar-refractivity contribution in [3.05, 3.63) is 47.0 Å². The zero-order chi connectivity index (χ0) is 18.3. The molecule has 1 aromatic heterocycles. The van der Waals surface area contributed by atoms with Gasteiger partial charge in [-0.2, -0.15) is 0 Å². The molecule has 3 fully saturated rings. The van der Waals surface area contributed by atoms with Crippen LogP contribution in [0.2, 0.25) is 0 Å². The Morgan fingerprint density at radius 3 is 2.81 bits per heavy atom. The van der Waals surface area contributed by atoms with E-state index in [-0.39, 0.29) is 5.41 Å². The van der Waals surface area contributed by atoms with Gasteiger partial charge in [0.05, 0.1) is 18.9 Å². The number of thiazole rings is 1. The molecule has 0 amide bonds. The van der Waals surface area contributed by atoms with E-state index in [1.165, 1.54) is 5.56 Å². The number of likely N-dealkylation sites (tertiary alicyclic amines) is 1. The van der Waals surface area contributed by atoms with Crippen LogP contribution in [0.4, 0.5) is 5.13 Å². The van der Waals surface area contributed by atoms with Crippen LogP contribution in [0.5, 0.6) is 0 Å². The number of nitrogens with one attached hydrogen (secondary N) is 1. The van der Waals surface area contributed by atoms with Crippen molar-refractivity contribution in [3.8, 4) is 0 Å². The second kappa shape index (κ2) is 6.85. The van der Waals surface area contributed by atoms with Crippen molar-refractivity contribution in [2.45, 2.75) is 18.3 Å². The first-order chi connectivity index (χ1) is 13.2. The van der Waals surface area contributed by atoms with Gasteiger partial charge in [-0.15, -0.1) is 11.3 Å². The third-order valence-electron chi connectivity index (χ3n) is 7.03. The van der Waals surface area contributed by atoms with Gasteiger partial charge >= 0.3 is 0 Å². The maximum Gasteiger partial charge on any atom is 0.180 e. The standard InChI is InChI=1S/C21H28N4OS/c22-19-24-18(12-27-19)21(16-4-2-1-3-5-16)6-8-25(9-7-21)14-20-13-23-10-17(20)11-26-15-20/h1-5,12,17,23H,6-11,13-15H2,(H2,22,24)/t17-,20-/m0/s1. The third-order valence-corrected chi connectivity index (χ3v) is 7.70. The lowest BCUT2D eigenvalue weighted by atomic mass is 9.70. The van der Waals surface area contributed by atoms with Crippen LogP contribution in [0, 0.1) is 11.3 Å². The number of nitrogens with two attached hydrogens (primary N) is 1. The number of nitrogen functional groups attached to an aromatic ring is 1. The Labute approximate surface area is 164 Å². The predicted molar refractivity (Wildman–Crippen MR) is 109 cm³/mol. The Morgan fingerprint density at radius 1 is 1.26 bits per heavy atom. The first-order valence-electron chi connectivity index (χ1n) is 9.98. The smallest absolute Gasteiger partial charge is 0.180 e. The van der Waals surface area contributed by atoms with Gasteiger partial charge in [-0.3, -0.25) is 0 Å². The van der Waals surface area contributed by atoms with E-state index in [0.29, 0.717) is 16.5 Å². The molecule has 0 radical (unpaired) electrons. The average molecular weight is 385 g/mol. The zero-order valence-corrected chi connectivity index (χ0v) is 16.5. The molecule has 4 heterocycles. The number of anilines is 1. The lowest BCUT2D eigenvalue weighted by Gasteiger charge is -2.44. The third kappa shape index (κ3) is 2.99. The summed E-state index contributed by atoms with van der Waals surface area (Å²) in [6.45, 7) is 7.39. The van der Waals surface area contributed by atoms with Gasteiger partial charge < -0.3 is 20.7 Å². The zero-order valence-electron chi connectivity index (χ0n) is 15.7. The molecule has 2 aromatic rings. The molecule has 0 saturated carbocycles. The van der Waals surface area contributed by atoms with Gasteiger partial charge in [0, 0.05) is 41.8 Å². The molecular weight excluding hydrogens is 356 g/mol.